The maximum absolute atomic E-state index is 8.60. The number of nitrogens with zero attached hydrogens (tertiary/aromatic N) is 1. The van der Waals surface area contributed by atoms with E-state index >= 15 is 0 Å². The Hall–Kier alpha value is -0.870. The number of amidine groups is 1. The topological polar surface area (TPSA) is 58.6 Å². The van der Waals surface area contributed by atoms with Crippen LogP contribution >= 0.6 is 23.4 Å². The molecule has 0 radical (unpaired) electrons. The molecular formula is C9H11ClN2OS. The first kappa shape index (κ1) is 11.2. The maximum Gasteiger partial charge on any atom is 0.172 e. The van der Waals surface area contributed by atoms with E-state index in [1.165, 1.54) is 0 Å². The second-order valence-electron chi connectivity index (χ2n) is 2.53. The van der Waals surface area contributed by atoms with Crippen molar-refractivity contribution in [3.8, 4) is 0 Å². The van der Waals surface area contributed by atoms with Gasteiger partial charge in [-0.05, 0) is 17.9 Å². The molecule has 1 aromatic carbocycles. The number of oxime groups is 1. The lowest BCUT2D eigenvalue weighted by atomic mass is 10.2. The van der Waals surface area contributed by atoms with Crippen molar-refractivity contribution in [2.24, 2.45) is 10.9 Å². The summed E-state index contributed by atoms with van der Waals surface area (Å²) in [5.74, 6) is 0.957. The fourth-order valence-corrected chi connectivity index (χ4v) is 2.25. The minimum Gasteiger partial charge on any atom is -0.409 e. The highest BCUT2D eigenvalue weighted by Gasteiger charge is 2.10. The molecule has 0 heterocycles. The lowest BCUT2D eigenvalue weighted by Crippen LogP contribution is -2.14. The molecule has 0 amide bonds. The Balaban J connectivity index is 3.22. The van der Waals surface area contributed by atoms with Crippen LogP contribution < -0.4 is 5.73 Å². The average molecular weight is 231 g/mol. The minimum atomic E-state index is 0.0477. The first-order chi connectivity index (χ1) is 6.70. The predicted molar refractivity (Wildman–Crippen MR) is 60.4 cm³/mol. The molecule has 5 heteroatoms. The number of nitrogens with two attached hydrogens (primary N) is 1. The van der Waals surface area contributed by atoms with Gasteiger partial charge in [-0.1, -0.05) is 29.7 Å². The number of hydrogen-bond acceptors (Lipinski definition) is 3. The highest BCUT2D eigenvalue weighted by atomic mass is 35.5. The molecular weight excluding hydrogens is 220 g/mol. The molecule has 0 aliphatic rings. The molecule has 3 N–H and O–H groups in total. The van der Waals surface area contributed by atoms with Crippen LogP contribution in [0.3, 0.4) is 0 Å². The van der Waals surface area contributed by atoms with Crippen molar-refractivity contribution in [1.29, 1.82) is 0 Å². The van der Waals surface area contributed by atoms with Crippen molar-refractivity contribution in [3.63, 3.8) is 0 Å². The third-order valence-electron chi connectivity index (χ3n) is 1.64. The zero-order valence-corrected chi connectivity index (χ0v) is 9.27. The molecule has 1 aromatic rings. The Kier molecular flexibility index (Phi) is 4.10. The van der Waals surface area contributed by atoms with Crippen molar-refractivity contribution in [2.45, 2.75) is 11.8 Å². The lowest BCUT2D eigenvalue weighted by Gasteiger charge is -2.08. The number of hydrogen-bond donors (Lipinski definition) is 2. The largest absolute Gasteiger partial charge is 0.409 e. The predicted octanol–water partition coefficient (Wildman–Crippen LogP) is 2.55. The van der Waals surface area contributed by atoms with E-state index in [2.05, 4.69) is 5.16 Å². The van der Waals surface area contributed by atoms with E-state index in [0.29, 0.717) is 10.6 Å². The van der Waals surface area contributed by atoms with Crippen molar-refractivity contribution in [2.75, 3.05) is 5.75 Å². The van der Waals surface area contributed by atoms with Crippen LogP contribution in [0, 0.1) is 0 Å². The molecule has 0 aliphatic heterocycles. The molecule has 0 saturated carbocycles. The van der Waals surface area contributed by atoms with E-state index in [4.69, 9.17) is 22.5 Å². The fourth-order valence-electron chi connectivity index (χ4n) is 1.08. The van der Waals surface area contributed by atoms with E-state index in [1.807, 2.05) is 19.1 Å². The van der Waals surface area contributed by atoms with Crippen molar-refractivity contribution < 1.29 is 5.21 Å². The zero-order chi connectivity index (χ0) is 10.6. The summed E-state index contributed by atoms with van der Waals surface area (Å²) in [7, 11) is 0. The van der Waals surface area contributed by atoms with Crippen LogP contribution in [-0.2, 0) is 0 Å². The van der Waals surface area contributed by atoms with E-state index in [9.17, 15) is 0 Å². The molecule has 0 unspecified atom stereocenters. The lowest BCUT2D eigenvalue weighted by molar-refractivity contribution is 0.318. The van der Waals surface area contributed by atoms with Gasteiger partial charge in [-0.25, -0.2) is 0 Å². The van der Waals surface area contributed by atoms with E-state index in [-0.39, 0.29) is 5.84 Å². The minimum absolute atomic E-state index is 0.0477. The van der Waals surface area contributed by atoms with Gasteiger partial charge in [0, 0.05) is 4.90 Å². The fraction of sp³-hybridized carbons (Fsp3) is 0.222. The van der Waals surface area contributed by atoms with Crippen molar-refractivity contribution >= 4 is 29.2 Å². The Labute approximate surface area is 91.9 Å². The van der Waals surface area contributed by atoms with Gasteiger partial charge in [-0.15, -0.1) is 11.8 Å². The van der Waals surface area contributed by atoms with Crippen LogP contribution in [0.4, 0.5) is 0 Å². The molecule has 0 aliphatic carbocycles. The van der Waals surface area contributed by atoms with E-state index in [0.717, 1.165) is 10.6 Å². The molecule has 0 spiro atoms. The van der Waals surface area contributed by atoms with E-state index < -0.39 is 0 Å². The van der Waals surface area contributed by atoms with Crippen LogP contribution in [0.2, 0.25) is 5.02 Å². The molecule has 3 nitrogen and oxygen atoms in total. The number of halogens is 1. The second kappa shape index (κ2) is 5.12. The summed E-state index contributed by atoms with van der Waals surface area (Å²) in [4.78, 5) is 0.926. The van der Waals surface area contributed by atoms with Crippen LogP contribution in [0.15, 0.2) is 28.3 Å². The molecule has 0 atom stereocenters. The summed E-state index contributed by atoms with van der Waals surface area (Å²) in [5.41, 5.74) is 6.13. The van der Waals surface area contributed by atoms with Gasteiger partial charge in [0.1, 0.15) is 0 Å². The first-order valence-electron chi connectivity index (χ1n) is 4.10. The average Bonchev–Trinajstić information content (AvgIpc) is 2.18. The molecule has 1 rings (SSSR count). The maximum atomic E-state index is 8.60. The molecule has 0 bridgehead atoms. The molecule has 0 fully saturated rings. The van der Waals surface area contributed by atoms with Gasteiger partial charge in [-0.2, -0.15) is 0 Å². The quantitative estimate of drug-likeness (QED) is 0.276. The summed E-state index contributed by atoms with van der Waals surface area (Å²) in [6.45, 7) is 2.03. The summed E-state index contributed by atoms with van der Waals surface area (Å²) >= 11 is 7.56. The molecule has 0 saturated heterocycles. The standard InChI is InChI=1S/C9H11ClN2OS/c1-2-14-7-5-3-4-6(10)8(7)9(11)12-13/h3-5,13H,2H2,1H3,(H2,11,12). The van der Waals surface area contributed by atoms with Gasteiger partial charge in [0.25, 0.3) is 0 Å². The summed E-state index contributed by atoms with van der Waals surface area (Å²) in [6, 6.07) is 5.45. The van der Waals surface area contributed by atoms with Crippen LogP contribution in [-0.4, -0.2) is 16.8 Å². The third-order valence-corrected chi connectivity index (χ3v) is 2.89. The zero-order valence-electron chi connectivity index (χ0n) is 7.70. The van der Waals surface area contributed by atoms with Gasteiger partial charge < -0.3 is 10.9 Å². The Bertz CT molecular complexity index is 355. The van der Waals surface area contributed by atoms with Gasteiger partial charge in [-0.3, -0.25) is 0 Å². The summed E-state index contributed by atoms with van der Waals surface area (Å²) in [6.07, 6.45) is 0. The van der Waals surface area contributed by atoms with Crippen molar-refractivity contribution in [3.05, 3.63) is 28.8 Å². The van der Waals surface area contributed by atoms with Crippen LogP contribution in [0.5, 0.6) is 0 Å². The van der Waals surface area contributed by atoms with Gasteiger partial charge >= 0.3 is 0 Å². The van der Waals surface area contributed by atoms with Crippen LogP contribution in [0.1, 0.15) is 12.5 Å². The Morgan fingerprint density at radius 2 is 2.36 bits per heavy atom. The molecule has 76 valence electrons. The normalized spacial score (nSPS) is 11.7. The van der Waals surface area contributed by atoms with Gasteiger partial charge in [0.2, 0.25) is 0 Å². The third kappa shape index (κ3) is 2.33. The van der Waals surface area contributed by atoms with Crippen LogP contribution in [0.25, 0.3) is 0 Å². The number of rotatable bonds is 3. The van der Waals surface area contributed by atoms with Crippen molar-refractivity contribution in [1.82, 2.24) is 0 Å². The van der Waals surface area contributed by atoms with Gasteiger partial charge in [0.05, 0.1) is 10.6 Å². The molecule has 14 heavy (non-hydrogen) atoms. The van der Waals surface area contributed by atoms with E-state index in [1.54, 1.807) is 17.8 Å². The highest BCUT2D eigenvalue weighted by molar-refractivity contribution is 7.99. The SMILES string of the molecule is CCSc1cccc(Cl)c1C(N)=NO. The summed E-state index contributed by atoms with van der Waals surface area (Å²) in [5, 5.41) is 12.1. The first-order valence-corrected chi connectivity index (χ1v) is 5.46. The summed E-state index contributed by atoms with van der Waals surface area (Å²) < 4.78 is 0. The highest BCUT2D eigenvalue weighted by Crippen LogP contribution is 2.27. The second-order valence-corrected chi connectivity index (χ2v) is 4.24. The number of benzene rings is 1. The Morgan fingerprint density at radius 3 is 2.93 bits per heavy atom. The molecule has 0 aromatic heterocycles. The number of thioether (sulfide) groups is 1. The Morgan fingerprint density at radius 1 is 1.64 bits per heavy atom. The smallest absolute Gasteiger partial charge is 0.172 e. The monoisotopic (exact) mass is 230 g/mol. The van der Waals surface area contributed by atoms with Gasteiger partial charge in [0.15, 0.2) is 5.84 Å².